The number of hydrogen-bond acceptors (Lipinski definition) is 4. The summed E-state index contributed by atoms with van der Waals surface area (Å²) in [5, 5.41) is 3.38. The number of carbonyl (C=O) groups excluding carboxylic acids is 1. The highest BCUT2D eigenvalue weighted by molar-refractivity contribution is 5.86. The lowest BCUT2D eigenvalue weighted by Gasteiger charge is -2.43. The van der Waals surface area contributed by atoms with Crippen molar-refractivity contribution >= 4 is 5.91 Å². The number of piperidine rings is 1. The van der Waals surface area contributed by atoms with E-state index < -0.39 is 0 Å². The van der Waals surface area contributed by atoms with E-state index in [4.69, 9.17) is 4.74 Å². The van der Waals surface area contributed by atoms with Crippen LogP contribution in [-0.4, -0.2) is 74.2 Å². The Morgan fingerprint density at radius 2 is 1.84 bits per heavy atom. The minimum atomic E-state index is -0.195. The number of methoxy groups -OCH3 is 1. The Balaban J connectivity index is 1.52. The van der Waals surface area contributed by atoms with Crippen LogP contribution >= 0.6 is 0 Å². The van der Waals surface area contributed by atoms with Crippen molar-refractivity contribution in [1.29, 1.82) is 0 Å². The molecule has 1 unspecified atom stereocenters. The van der Waals surface area contributed by atoms with E-state index in [1.165, 1.54) is 51.5 Å². The molecule has 0 aromatic carbocycles. The molecule has 0 aromatic rings. The van der Waals surface area contributed by atoms with Crippen LogP contribution in [0.5, 0.6) is 0 Å². The van der Waals surface area contributed by atoms with Gasteiger partial charge in [0.15, 0.2) is 0 Å². The lowest BCUT2D eigenvalue weighted by atomic mass is 9.79. The summed E-state index contributed by atoms with van der Waals surface area (Å²) in [5.74, 6) is 0.914. The third-order valence-electron chi connectivity index (χ3n) is 6.58. The monoisotopic (exact) mass is 351 g/mol. The molecule has 2 heterocycles. The average molecular weight is 352 g/mol. The van der Waals surface area contributed by atoms with Crippen LogP contribution in [0.25, 0.3) is 0 Å². The van der Waals surface area contributed by atoms with Gasteiger partial charge >= 0.3 is 0 Å². The van der Waals surface area contributed by atoms with Gasteiger partial charge in [-0.15, -0.1) is 0 Å². The van der Waals surface area contributed by atoms with Crippen LogP contribution < -0.4 is 5.32 Å². The van der Waals surface area contributed by atoms with Crippen LogP contribution in [0, 0.1) is 5.92 Å². The fraction of sp³-hybridized carbons (Fsp3) is 0.950. The fourth-order valence-electron chi connectivity index (χ4n) is 5.11. The largest absolute Gasteiger partial charge is 0.383 e. The molecule has 0 spiro atoms. The molecule has 1 saturated carbocycles. The molecule has 3 aliphatic rings. The summed E-state index contributed by atoms with van der Waals surface area (Å²) in [5.41, 5.74) is -0.195. The molecule has 3 rings (SSSR count). The highest BCUT2D eigenvalue weighted by atomic mass is 16.5. The number of amides is 1. The van der Waals surface area contributed by atoms with Crippen molar-refractivity contribution in [1.82, 2.24) is 15.1 Å². The zero-order chi connectivity index (χ0) is 17.5. The molecule has 1 atom stereocenters. The number of ether oxygens (including phenoxy) is 1. The van der Waals surface area contributed by atoms with Gasteiger partial charge in [0.05, 0.1) is 6.61 Å². The Morgan fingerprint density at radius 1 is 1.08 bits per heavy atom. The normalized spacial score (nSPS) is 28.1. The predicted octanol–water partition coefficient (Wildman–Crippen LogP) is 2.26. The van der Waals surface area contributed by atoms with E-state index >= 15 is 0 Å². The maximum absolute atomic E-state index is 13.2. The number of carbonyl (C=O) groups is 1. The van der Waals surface area contributed by atoms with Gasteiger partial charge in [-0.2, -0.15) is 0 Å². The molecular formula is C20H37N3O2. The Labute approximate surface area is 153 Å². The van der Waals surface area contributed by atoms with Crippen molar-refractivity contribution in [2.24, 2.45) is 5.92 Å². The second kappa shape index (κ2) is 9.33. The highest BCUT2D eigenvalue weighted by Crippen LogP contribution is 2.36. The van der Waals surface area contributed by atoms with Gasteiger partial charge in [-0.25, -0.2) is 0 Å². The summed E-state index contributed by atoms with van der Waals surface area (Å²) in [7, 11) is 1.77. The molecule has 1 N–H and O–H groups in total. The minimum Gasteiger partial charge on any atom is -0.383 e. The Kier molecular flexibility index (Phi) is 7.14. The van der Waals surface area contributed by atoms with Gasteiger partial charge in [0.2, 0.25) is 5.91 Å². The molecule has 0 aromatic heterocycles. The van der Waals surface area contributed by atoms with Crippen molar-refractivity contribution in [2.45, 2.75) is 63.3 Å². The molecule has 2 saturated heterocycles. The van der Waals surface area contributed by atoms with Gasteiger partial charge in [0.1, 0.15) is 5.54 Å². The molecule has 1 aliphatic carbocycles. The maximum Gasteiger partial charge on any atom is 0.240 e. The van der Waals surface area contributed by atoms with E-state index in [0.717, 1.165) is 52.2 Å². The summed E-state index contributed by atoms with van der Waals surface area (Å²) in [6, 6.07) is 0. The summed E-state index contributed by atoms with van der Waals surface area (Å²) in [6.07, 6.45) is 10.8. The van der Waals surface area contributed by atoms with E-state index in [2.05, 4.69) is 15.1 Å². The van der Waals surface area contributed by atoms with Crippen molar-refractivity contribution in [3.05, 3.63) is 0 Å². The topological polar surface area (TPSA) is 44.8 Å². The lowest BCUT2D eigenvalue weighted by molar-refractivity contribution is -0.135. The van der Waals surface area contributed by atoms with Gasteiger partial charge in [-0.05, 0) is 64.1 Å². The fourth-order valence-corrected chi connectivity index (χ4v) is 5.11. The molecule has 2 aliphatic heterocycles. The van der Waals surface area contributed by atoms with Gasteiger partial charge < -0.3 is 15.0 Å². The zero-order valence-corrected chi connectivity index (χ0v) is 16.1. The quantitative estimate of drug-likeness (QED) is 0.764. The molecule has 144 valence electrons. The molecule has 5 nitrogen and oxygen atoms in total. The van der Waals surface area contributed by atoms with Crippen molar-refractivity contribution in [3.63, 3.8) is 0 Å². The standard InChI is InChI=1S/C20H37N3O2/c1-25-15-14-22-11-7-8-18(17-22)16-21-19(24)20(9-3-2-4-10-20)23-12-5-6-13-23/h18H,2-17H2,1H3,(H,21,24). The van der Waals surface area contributed by atoms with Crippen LogP contribution in [0.3, 0.4) is 0 Å². The first kappa shape index (κ1) is 19.1. The van der Waals surface area contributed by atoms with E-state index in [0.29, 0.717) is 11.8 Å². The van der Waals surface area contributed by atoms with Crippen molar-refractivity contribution in [2.75, 3.05) is 53.0 Å². The van der Waals surface area contributed by atoms with Crippen LogP contribution in [0.4, 0.5) is 0 Å². The van der Waals surface area contributed by atoms with E-state index in [1.54, 1.807) is 7.11 Å². The number of hydrogen-bond donors (Lipinski definition) is 1. The van der Waals surface area contributed by atoms with E-state index in [1.807, 2.05) is 0 Å². The molecule has 25 heavy (non-hydrogen) atoms. The second-order valence-corrected chi connectivity index (χ2v) is 8.30. The van der Waals surface area contributed by atoms with Crippen molar-refractivity contribution < 1.29 is 9.53 Å². The Hall–Kier alpha value is -0.650. The van der Waals surface area contributed by atoms with Crippen LogP contribution in [-0.2, 0) is 9.53 Å². The van der Waals surface area contributed by atoms with Crippen LogP contribution in [0.15, 0.2) is 0 Å². The smallest absolute Gasteiger partial charge is 0.240 e. The molecule has 3 fully saturated rings. The lowest BCUT2D eigenvalue weighted by Crippen LogP contribution is -2.59. The SMILES string of the molecule is COCCN1CCCC(CNC(=O)C2(N3CCCC3)CCCCC2)C1. The Bertz CT molecular complexity index is 417. The average Bonchev–Trinajstić information content (AvgIpc) is 3.20. The second-order valence-electron chi connectivity index (χ2n) is 8.30. The number of nitrogens with one attached hydrogen (secondary N) is 1. The van der Waals surface area contributed by atoms with Gasteiger partial charge in [-0.1, -0.05) is 19.3 Å². The number of nitrogens with zero attached hydrogens (tertiary/aromatic N) is 2. The molecule has 0 bridgehead atoms. The van der Waals surface area contributed by atoms with Crippen LogP contribution in [0.1, 0.15) is 57.8 Å². The molecule has 1 amide bonds. The third kappa shape index (κ3) is 4.75. The summed E-state index contributed by atoms with van der Waals surface area (Å²) < 4.78 is 5.21. The summed E-state index contributed by atoms with van der Waals surface area (Å²) in [6.45, 7) is 7.16. The van der Waals surface area contributed by atoms with Gasteiger partial charge in [0.25, 0.3) is 0 Å². The highest BCUT2D eigenvalue weighted by Gasteiger charge is 2.45. The molecule has 5 heteroatoms. The molecular weight excluding hydrogens is 314 g/mol. The third-order valence-corrected chi connectivity index (χ3v) is 6.58. The predicted molar refractivity (Wildman–Crippen MR) is 101 cm³/mol. The first-order chi connectivity index (χ1) is 12.2. The number of rotatable bonds is 7. The van der Waals surface area contributed by atoms with E-state index in [9.17, 15) is 4.79 Å². The number of likely N-dealkylation sites (tertiary alicyclic amines) is 2. The van der Waals surface area contributed by atoms with Crippen molar-refractivity contribution in [3.8, 4) is 0 Å². The first-order valence-electron chi connectivity index (χ1n) is 10.5. The Morgan fingerprint density at radius 3 is 2.56 bits per heavy atom. The minimum absolute atomic E-state index is 0.195. The summed E-state index contributed by atoms with van der Waals surface area (Å²) in [4.78, 5) is 18.2. The van der Waals surface area contributed by atoms with Crippen LogP contribution in [0.2, 0.25) is 0 Å². The van der Waals surface area contributed by atoms with E-state index in [-0.39, 0.29) is 5.54 Å². The van der Waals surface area contributed by atoms with Gasteiger partial charge in [0, 0.05) is 26.7 Å². The molecule has 0 radical (unpaired) electrons. The summed E-state index contributed by atoms with van der Waals surface area (Å²) >= 11 is 0. The maximum atomic E-state index is 13.2. The van der Waals surface area contributed by atoms with Gasteiger partial charge in [-0.3, -0.25) is 9.69 Å². The zero-order valence-electron chi connectivity index (χ0n) is 16.1. The first-order valence-corrected chi connectivity index (χ1v) is 10.5.